The lowest BCUT2D eigenvalue weighted by atomic mass is 9.80. The number of nitrogens with two attached hydrogens (primary N) is 1. The van der Waals surface area contributed by atoms with Gasteiger partial charge in [-0.25, -0.2) is 9.37 Å². The molecule has 27 heavy (non-hydrogen) atoms. The summed E-state index contributed by atoms with van der Waals surface area (Å²) in [7, 11) is 1.47. The van der Waals surface area contributed by atoms with Gasteiger partial charge in [0.2, 0.25) is 0 Å². The molecule has 0 saturated carbocycles. The minimum Gasteiger partial charge on any atom is -0.493 e. The maximum atomic E-state index is 14.5. The SMILES string of the molecule is COc1cccnc1Nc1ccc(F)c([C@]2(C)NC(N)C[C@@H]2C(F)(F)F)c1. The van der Waals surface area contributed by atoms with Gasteiger partial charge in [-0.3, -0.25) is 5.32 Å². The Morgan fingerprint density at radius 3 is 2.74 bits per heavy atom. The molecule has 1 fully saturated rings. The second-order valence-corrected chi connectivity index (χ2v) is 6.66. The Morgan fingerprint density at radius 2 is 2.07 bits per heavy atom. The van der Waals surface area contributed by atoms with Crippen LogP contribution in [0.15, 0.2) is 36.5 Å². The third-order valence-corrected chi connectivity index (χ3v) is 4.85. The molecule has 0 aliphatic carbocycles. The van der Waals surface area contributed by atoms with Gasteiger partial charge in [0.1, 0.15) is 5.82 Å². The molecule has 5 nitrogen and oxygen atoms in total. The Morgan fingerprint density at radius 1 is 1.33 bits per heavy atom. The largest absolute Gasteiger partial charge is 0.493 e. The predicted octanol–water partition coefficient (Wildman–Crippen LogP) is 3.64. The number of nitrogens with one attached hydrogen (secondary N) is 2. The molecule has 3 atom stereocenters. The first-order chi connectivity index (χ1) is 12.6. The molecular weight excluding hydrogens is 364 g/mol. The zero-order valence-corrected chi connectivity index (χ0v) is 14.8. The average molecular weight is 384 g/mol. The van der Waals surface area contributed by atoms with Gasteiger partial charge in [-0.15, -0.1) is 0 Å². The van der Waals surface area contributed by atoms with Crippen molar-refractivity contribution in [3.05, 3.63) is 47.9 Å². The van der Waals surface area contributed by atoms with Crippen LogP contribution >= 0.6 is 0 Å². The number of anilines is 2. The van der Waals surface area contributed by atoms with Crippen LogP contribution in [0.2, 0.25) is 0 Å². The van der Waals surface area contributed by atoms with E-state index in [1.807, 2.05) is 0 Å². The van der Waals surface area contributed by atoms with Gasteiger partial charge in [0, 0.05) is 17.4 Å². The first-order valence-electron chi connectivity index (χ1n) is 8.31. The summed E-state index contributed by atoms with van der Waals surface area (Å²) >= 11 is 0. The lowest BCUT2D eigenvalue weighted by Gasteiger charge is -2.34. The quantitative estimate of drug-likeness (QED) is 0.702. The van der Waals surface area contributed by atoms with Crippen molar-refractivity contribution >= 4 is 11.5 Å². The molecule has 9 heteroatoms. The van der Waals surface area contributed by atoms with Crippen LogP contribution in [0.4, 0.5) is 29.1 Å². The lowest BCUT2D eigenvalue weighted by Crippen LogP contribution is -2.47. The predicted molar refractivity (Wildman–Crippen MR) is 93.1 cm³/mol. The zero-order valence-electron chi connectivity index (χ0n) is 14.8. The lowest BCUT2D eigenvalue weighted by molar-refractivity contribution is -0.188. The highest BCUT2D eigenvalue weighted by molar-refractivity contribution is 5.63. The molecular formula is C18H20F4N4O. The Labute approximate surface area is 153 Å². The van der Waals surface area contributed by atoms with Crippen molar-refractivity contribution in [2.24, 2.45) is 11.7 Å². The van der Waals surface area contributed by atoms with E-state index in [-0.39, 0.29) is 12.0 Å². The van der Waals surface area contributed by atoms with Crippen LogP contribution in [0.3, 0.4) is 0 Å². The number of alkyl halides is 3. The van der Waals surface area contributed by atoms with E-state index in [0.717, 1.165) is 6.07 Å². The number of ether oxygens (including phenoxy) is 1. The van der Waals surface area contributed by atoms with Crippen molar-refractivity contribution in [2.45, 2.75) is 31.2 Å². The van der Waals surface area contributed by atoms with E-state index >= 15 is 0 Å². The molecule has 1 aliphatic heterocycles. The normalized spacial score (nSPS) is 25.4. The maximum absolute atomic E-state index is 14.5. The molecule has 1 unspecified atom stereocenters. The number of rotatable bonds is 4. The van der Waals surface area contributed by atoms with E-state index in [1.54, 1.807) is 12.1 Å². The summed E-state index contributed by atoms with van der Waals surface area (Å²) in [5.41, 5.74) is 4.29. The fourth-order valence-electron chi connectivity index (χ4n) is 3.55. The minimum absolute atomic E-state index is 0.113. The molecule has 146 valence electrons. The molecule has 2 heterocycles. The number of aromatic nitrogens is 1. The Hall–Kier alpha value is -2.39. The number of hydrogen-bond donors (Lipinski definition) is 3. The third kappa shape index (κ3) is 3.70. The molecule has 0 bridgehead atoms. The topological polar surface area (TPSA) is 72.2 Å². The number of hydrogen-bond acceptors (Lipinski definition) is 5. The Balaban J connectivity index is 2.00. The van der Waals surface area contributed by atoms with Crippen LogP contribution in [0.5, 0.6) is 5.75 Å². The summed E-state index contributed by atoms with van der Waals surface area (Å²) in [6, 6.07) is 7.25. The molecule has 0 radical (unpaired) electrons. The van der Waals surface area contributed by atoms with Crippen molar-refractivity contribution in [2.75, 3.05) is 12.4 Å². The van der Waals surface area contributed by atoms with E-state index in [2.05, 4.69) is 15.6 Å². The van der Waals surface area contributed by atoms with E-state index in [0.29, 0.717) is 17.3 Å². The van der Waals surface area contributed by atoms with Crippen LogP contribution in [-0.2, 0) is 5.54 Å². The molecule has 1 aliphatic rings. The molecule has 0 amide bonds. The molecule has 1 aromatic heterocycles. The summed E-state index contributed by atoms with van der Waals surface area (Å²) in [6.07, 6.45) is -4.19. The molecule has 2 aromatic rings. The zero-order chi connectivity index (χ0) is 19.8. The molecule has 3 rings (SSSR count). The summed E-state index contributed by atoms with van der Waals surface area (Å²) < 4.78 is 60.3. The van der Waals surface area contributed by atoms with E-state index in [1.165, 1.54) is 32.4 Å². The number of benzene rings is 1. The van der Waals surface area contributed by atoms with Gasteiger partial charge in [-0.1, -0.05) is 0 Å². The highest BCUT2D eigenvalue weighted by Crippen LogP contribution is 2.47. The summed E-state index contributed by atoms with van der Waals surface area (Å²) in [5.74, 6) is -1.74. The Kier molecular flexibility index (Phi) is 5.00. The van der Waals surface area contributed by atoms with Crippen LogP contribution in [-0.4, -0.2) is 24.4 Å². The molecule has 0 spiro atoms. The standard InChI is InChI=1S/C18H20F4N4O/c1-17(14(18(20,21)22)9-15(23)26-17)11-8-10(5-6-12(11)19)25-16-13(27-2)4-3-7-24-16/h3-8,14-15,26H,9,23H2,1-2H3,(H,24,25)/t14-,15?,17-/m0/s1. The number of halogens is 4. The van der Waals surface area contributed by atoms with Crippen LogP contribution in [0, 0.1) is 11.7 Å². The highest BCUT2D eigenvalue weighted by atomic mass is 19.4. The fourth-order valence-corrected chi connectivity index (χ4v) is 3.55. The minimum atomic E-state index is -4.52. The second kappa shape index (κ2) is 6.97. The molecule has 4 N–H and O–H groups in total. The third-order valence-electron chi connectivity index (χ3n) is 4.85. The van der Waals surface area contributed by atoms with Crippen LogP contribution < -0.4 is 21.1 Å². The van der Waals surface area contributed by atoms with Crippen molar-refractivity contribution in [3.8, 4) is 5.75 Å². The van der Waals surface area contributed by atoms with Crippen molar-refractivity contribution in [1.29, 1.82) is 0 Å². The van der Waals surface area contributed by atoms with Crippen molar-refractivity contribution in [1.82, 2.24) is 10.3 Å². The monoisotopic (exact) mass is 384 g/mol. The van der Waals surface area contributed by atoms with Crippen LogP contribution in [0.1, 0.15) is 18.9 Å². The number of pyridine rings is 1. The number of nitrogens with zero attached hydrogens (tertiary/aromatic N) is 1. The second-order valence-electron chi connectivity index (χ2n) is 6.66. The smallest absolute Gasteiger partial charge is 0.394 e. The van der Waals surface area contributed by atoms with Gasteiger partial charge < -0.3 is 15.8 Å². The average Bonchev–Trinajstić information content (AvgIpc) is 2.93. The summed E-state index contributed by atoms with van der Waals surface area (Å²) in [6.45, 7) is 1.32. The number of methoxy groups -OCH3 is 1. The van der Waals surface area contributed by atoms with Gasteiger partial charge in [0.05, 0.1) is 24.7 Å². The first-order valence-corrected chi connectivity index (χ1v) is 8.31. The van der Waals surface area contributed by atoms with Crippen molar-refractivity contribution < 1.29 is 22.3 Å². The van der Waals surface area contributed by atoms with E-state index in [4.69, 9.17) is 10.5 Å². The Bertz CT molecular complexity index is 829. The van der Waals surface area contributed by atoms with Gasteiger partial charge >= 0.3 is 6.18 Å². The summed E-state index contributed by atoms with van der Waals surface area (Å²) in [5, 5.41) is 5.66. The van der Waals surface area contributed by atoms with Gasteiger partial charge in [0.25, 0.3) is 0 Å². The van der Waals surface area contributed by atoms with Gasteiger partial charge in [-0.2, -0.15) is 13.2 Å². The first kappa shape index (κ1) is 19.4. The fraction of sp³-hybridized carbons (Fsp3) is 0.389. The highest BCUT2D eigenvalue weighted by Gasteiger charge is 2.57. The van der Waals surface area contributed by atoms with Crippen molar-refractivity contribution in [3.63, 3.8) is 0 Å². The van der Waals surface area contributed by atoms with E-state index < -0.39 is 29.6 Å². The molecule has 1 saturated heterocycles. The van der Waals surface area contributed by atoms with Gasteiger partial charge in [0.15, 0.2) is 11.6 Å². The molecule has 1 aromatic carbocycles. The van der Waals surface area contributed by atoms with E-state index in [9.17, 15) is 17.6 Å². The van der Waals surface area contributed by atoms with Gasteiger partial charge in [-0.05, 0) is 43.7 Å². The summed E-state index contributed by atoms with van der Waals surface area (Å²) in [4.78, 5) is 4.13. The maximum Gasteiger partial charge on any atom is 0.394 e. The van der Waals surface area contributed by atoms with Crippen LogP contribution in [0.25, 0.3) is 0 Å².